The van der Waals surface area contributed by atoms with Crippen LogP contribution in [0.4, 0.5) is 0 Å². The van der Waals surface area contributed by atoms with Crippen molar-refractivity contribution in [3.63, 3.8) is 0 Å². The van der Waals surface area contributed by atoms with E-state index >= 15 is 0 Å². The van der Waals surface area contributed by atoms with E-state index in [0.29, 0.717) is 23.8 Å². The van der Waals surface area contributed by atoms with E-state index in [0.717, 1.165) is 63.4 Å². The molecule has 29 heavy (non-hydrogen) atoms. The van der Waals surface area contributed by atoms with Gasteiger partial charge in [0.2, 0.25) is 5.91 Å². The van der Waals surface area contributed by atoms with Crippen LogP contribution < -0.4 is 5.32 Å². The number of halogens is 1. The molecule has 3 aliphatic rings. The second kappa shape index (κ2) is 9.98. The molecular formula is C24H40ClN3O. The molecule has 2 fully saturated rings. The number of nitrogens with zero attached hydrogens (tertiary/aromatic N) is 2. The summed E-state index contributed by atoms with van der Waals surface area (Å²) < 4.78 is 0. The summed E-state index contributed by atoms with van der Waals surface area (Å²) in [5.41, 5.74) is 1.87. The van der Waals surface area contributed by atoms with Crippen LogP contribution in [0.1, 0.15) is 59.8 Å². The van der Waals surface area contributed by atoms with Crippen molar-refractivity contribution < 1.29 is 4.79 Å². The molecule has 4 nitrogen and oxygen atoms in total. The van der Waals surface area contributed by atoms with Gasteiger partial charge in [-0.2, -0.15) is 0 Å². The molecule has 2 atom stereocenters. The molecule has 164 valence electrons. The third-order valence-electron chi connectivity index (χ3n) is 7.11. The van der Waals surface area contributed by atoms with Gasteiger partial charge in [0, 0.05) is 50.2 Å². The molecule has 0 bridgehead atoms. The Hall–Kier alpha value is -0.840. The van der Waals surface area contributed by atoms with Crippen molar-refractivity contribution in [1.82, 2.24) is 15.1 Å². The number of hydrogen-bond acceptors (Lipinski definition) is 3. The Bertz CT molecular complexity index is 640. The van der Waals surface area contributed by atoms with E-state index in [2.05, 4.69) is 50.1 Å². The number of piperidine rings is 1. The highest BCUT2D eigenvalue weighted by atomic mass is 35.5. The Kier molecular flexibility index (Phi) is 7.86. The zero-order valence-corrected chi connectivity index (χ0v) is 19.6. The Labute approximate surface area is 182 Å². The summed E-state index contributed by atoms with van der Waals surface area (Å²) in [6.07, 6.45) is 9.50. The number of allylic oxidation sites excluding steroid dienone is 4. The molecule has 1 aliphatic carbocycles. The molecule has 1 unspecified atom stereocenters. The highest BCUT2D eigenvalue weighted by Gasteiger charge is 2.38. The van der Waals surface area contributed by atoms with Crippen molar-refractivity contribution in [1.29, 1.82) is 0 Å². The summed E-state index contributed by atoms with van der Waals surface area (Å²) in [5, 5.41) is 4.74. The minimum atomic E-state index is 0.283. The van der Waals surface area contributed by atoms with Crippen LogP contribution in [0.5, 0.6) is 0 Å². The lowest BCUT2D eigenvalue weighted by Crippen LogP contribution is -2.52. The van der Waals surface area contributed by atoms with Crippen LogP contribution in [0.3, 0.4) is 0 Å². The van der Waals surface area contributed by atoms with Gasteiger partial charge in [0.1, 0.15) is 0 Å². The van der Waals surface area contributed by atoms with E-state index in [1.807, 2.05) is 4.90 Å². The summed E-state index contributed by atoms with van der Waals surface area (Å²) in [5.74, 6) is 1.56. The largest absolute Gasteiger partial charge is 0.341 e. The fourth-order valence-electron chi connectivity index (χ4n) is 5.34. The van der Waals surface area contributed by atoms with Crippen molar-refractivity contribution in [3.8, 4) is 0 Å². The maximum Gasteiger partial charge on any atom is 0.222 e. The minimum Gasteiger partial charge on any atom is -0.341 e. The zero-order valence-electron chi connectivity index (χ0n) is 18.8. The van der Waals surface area contributed by atoms with Gasteiger partial charge in [0.15, 0.2) is 0 Å². The Morgan fingerprint density at radius 1 is 1.21 bits per heavy atom. The fraction of sp³-hybridized carbons (Fsp3) is 0.792. The van der Waals surface area contributed by atoms with Gasteiger partial charge in [0.05, 0.1) is 0 Å². The van der Waals surface area contributed by atoms with Gasteiger partial charge >= 0.3 is 0 Å². The van der Waals surface area contributed by atoms with Gasteiger partial charge in [-0.15, -0.1) is 0 Å². The lowest BCUT2D eigenvalue weighted by Gasteiger charge is -2.47. The molecule has 1 amide bonds. The molecule has 0 aromatic carbocycles. The maximum absolute atomic E-state index is 11.8. The van der Waals surface area contributed by atoms with E-state index in [-0.39, 0.29) is 5.41 Å². The number of carbonyl (C=O) groups is 1. The first-order valence-electron chi connectivity index (χ1n) is 11.5. The van der Waals surface area contributed by atoms with Crippen molar-refractivity contribution in [2.75, 3.05) is 39.3 Å². The monoisotopic (exact) mass is 421 g/mol. The van der Waals surface area contributed by atoms with Gasteiger partial charge in [-0.3, -0.25) is 4.79 Å². The number of likely N-dealkylation sites (tertiary alicyclic amines) is 2. The average molecular weight is 422 g/mol. The molecule has 2 aliphatic heterocycles. The summed E-state index contributed by atoms with van der Waals surface area (Å²) >= 11 is 6.17. The van der Waals surface area contributed by atoms with Gasteiger partial charge in [0.25, 0.3) is 0 Å². The van der Waals surface area contributed by atoms with Crippen molar-refractivity contribution in [3.05, 3.63) is 22.8 Å². The van der Waals surface area contributed by atoms with E-state index in [1.54, 1.807) is 5.57 Å². The van der Waals surface area contributed by atoms with E-state index in [9.17, 15) is 4.79 Å². The van der Waals surface area contributed by atoms with Crippen molar-refractivity contribution in [2.45, 2.75) is 65.8 Å². The number of carbonyl (C=O) groups excluding carboxylic acids is 1. The molecule has 0 radical (unpaired) electrons. The van der Waals surface area contributed by atoms with Gasteiger partial charge in [-0.1, -0.05) is 50.9 Å². The van der Waals surface area contributed by atoms with Crippen molar-refractivity contribution in [2.24, 2.45) is 17.3 Å². The highest BCUT2D eigenvalue weighted by molar-refractivity contribution is 6.29. The normalized spacial score (nSPS) is 26.6. The standard InChI is InChI=1S/C24H40ClN3O/c1-18(2)22(26-12-15-28-13-5-6-23(28)29)16-27-14-11-21(24(3,4)17-27)19-7-9-20(25)10-8-19/h7,9,18,21-22,26H,5-6,8,10-17H2,1-4H3/t21?,22-/m0/s1. The summed E-state index contributed by atoms with van der Waals surface area (Å²) in [6.45, 7) is 15.5. The van der Waals surface area contributed by atoms with Gasteiger partial charge < -0.3 is 15.1 Å². The SMILES string of the molecule is CC(C)[C@H](CN1CCC(C2=CC=C(Cl)CC2)C(C)(C)C1)NCCN1CCCC1=O. The van der Waals surface area contributed by atoms with E-state index in [1.165, 1.54) is 13.0 Å². The van der Waals surface area contributed by atoms with Crippen molar-refractivity contribution >= 4 is 17.5 Å². The molecule has 2 heterocycles. The number of hydrogen-bond donors (Lipinski definition) is 1. The zero-order chi connectivity index (χ0) is 21.0. The molecule has 0 aromatic rings. The summed E-state index contributed by atoms with van der Waals surface area (Å²) in [4.78, 5) is 16.5. The van der Waals surface area contributed by atoms with E-state index < -0.39 is 0 Å². The molecule has 0 spiro atoms. The Morgan fingerprint density at radius 3 is 2.59 bits per heavy atom. The first-order chi connectivity index (χ1) is 13.8. The average Bonchev–Trinajstić information content (AvgIpc) is 3.06. The second-order valence-electron chi connectivity index (χ2n) is 10.2. The number of nitrogens with one attached hydrogen (secondary N) is 1. The van der Waals surface area contributed by atoms with Crippen LogP contribution in [0.2, 0.25) is 0 Å². The Balaban J connectivity index is 1.51. The van der Waals surface area contributed by atoms with Crippen LogP contribution in [-0.2, 0) is 4.79 Å². The molecule has 0 aromatic heterocycles. The number of rotatable bonds is 8. The third-order valence-corrected chi connectivity index (χ3v) is 7.42. The molecule has 1 N–H and O–H groups in total. The first kappa shape index (κ1) is 22.8. The topological polar surface area (TPSA) is 35.6 Å². The lowest BCUT2D eigenvalue weighted by molar-refractivity contribution is -0.127. The summed E-state index contributed by atoms with van der Waals surface area (Å²) in [7, 11) is 0. The molecular weight excluding hydrogens is 382 g/mol. The van der Waals surface area contributed by atoms with Crippen LogP contribution in [0, 0.1) is 17.3 Å². The molecule has 0 saturated carbocycles. The quantitative estimate of drug-likeness (QED) is 0.630. The highest BCUT2D eigenvalue weighted by Crippen LogP contribution is 2.42. The maximum atomic E-state index is 11.8. The number of amides is 1. The Morgan fingerprint density at radius 2 is 2.00 bits per heavy atom. The predicted molar refractivity (Wildman–Crippen MR) is 122 cm³/mol. The molecule has 2 saturated heterocycles. The molecule has 5 heteroatoms. The van der Waals surface area contributed by atoms with Crippen LogP contribution in [0.25, 0.3) is 0 Å². The van der Waals surface area contributed by atoms with Gasteiger partial charge in [-0.05, 0) is 55.6 Å². The third kappa shape index (κ3) is 6.08. The van der Waals surface area contributed by atoms with Gasteiger partial charge in [-0.25, -0.2) is 0 Å². The minimum absolute atomic E-state index is 0.283. The predicted octanol–water partition coefficient (Wildman–Crippen LogP) is 4.41. The van der Waals surface area contributed by atoms with E-state index in [4.69, 9.17) is 11.6 Å². The second-order valence-corrected chi connectivity index (χ2v) is 10.7. The van der Waals surface area contributed by atoms with Crippen LogP contribution in [-0.4, -0.2) is 61.0 Å². The summed E-state index contributed by atoms with van der Waals surface area (Å²) in [6, 6.07) is 0.468. The smallest absolute Gasteiger partial charge is 0.222 e. The molecule has 3 rings (SSSR count). The van der Waals surface area contributed by atoms with Crippen LogP contribution >= 0.6 is 11.6 Å². The fourth-order valence-corrected chi connectivity index (χ4v) is 5.50. The lowest BCUT2D eigenvalue weighted by atomic mass is 9.68. The first-order valence-corrected chi connectivity index (χ1v) is 11.9. The van der Waals surface area contributed by atoms with Crippen LogP contribution in [0.15, 0.2) is 22.8 Å².